The first-order chi connectivity index (χ1) is 12.8. The predicted octanol–water partition coefficient (Wildman–Crippen LogP) is 0.726. The van der Waals surface area contributed by atoms with Crippen molar-refractivity contribution in [1.82, 2.24) is 19.8 Å². The number of sulfonamides is 1. The first-order valence-electron chi connectivity index (χ1n) is 9.52. The second kappa shape index (κ2) is 10.2. The second-order valence-corrected chi connectivity index (χ2v) is 9.00. The zero-order valence-electron chi connectivity index (χ0n) is 16.6. The minimum Gasteiger partial charge on any atom is -0.356 e. The number of likely N-dealkylation sites (N-methyl/N-ethyl adjacent to an activating group) is 1. The molecule has 1 aliphatic rings. The number of carbonyl (C=O) groups excluding carboxylic acids is 1. The Morgan fingerprint density at radius 3 is 2.52 bits per heavy atom. The molecule has 1 amide bonds. The molecule has 1 aromatic carbocycles. The molecule has 1 saturated heterocycles. The Morgan fingerprint density at radius 1 is 1.11 bits per heavy atom. The van der Waals surface area contributed by atoms with Gasteiger partial charge in [0.1, 0.15) is 0 Å². The van der Waals surface area contributed by atoms with E-state index >= 15 is 0 Å². The standard InChI is InChI=1S/C19H32N4O3S/c1-16-5-6-17(2)18(15-16)27(25,26)21-9-7-19(24)20-8-4-10-23-13-11-22(3)12-14-23/h5-6,15,21H,4,7-14H2,1-3H3,(H,20,24). The van der Waals surface area contributed by atoms with Gasteiger partial charge in [0.25, 0.3) is 0 Å². The highest BCUT2D eigenvalue weighted by molar-refractivity contribution is 7.89. The average Bonchev–Trinajstić information content (AvgIpc) is 2.62. The van der Waals surface area contributed by atoms with Gasteiger partial charge >= 0.3 is 0 Å². The zero-order chi connectivity index (χ0) is 19.9. The van der Waals surface area contributed by atoms with Gasteiger partial charge in [-0.1, -0.05) is 12.1 Å². The molecule has 0 aromatic heterocycles. The Hall–Kier alpha value is -1.48. The third kappa shape index (κ3) is 7.21. The van der Waals surface area contributed by atoms with Gasteiger partial charge in [0, 0.05) is 45.7 Å². The summed E-state index contributed by atoms with van der Waals surface area (Å²) in [5.74, 6) is -0.128. The lowest BCUT2D eigenvalue weighted by atomic mass is 10.2. The predicted molar refractivity (Wildman–Crippen MR) is 107 cm³/mol. The number of aryl methyl sites for hydroxylation is 2. The third-order valence-corrected chi connectivity index (χ3v) is 6.45. The van der Waals surface area contributed by atoms with Crippen LogP contribution in [0.5, 0.6) is 0 Å². The molecule has 1 heterocycles. The van der Waals surface area contributed by atoms with Crippen LogP contribution in [0.25, 0.3) is 0 Å². The van der Waals surface area contributed by atoms with Gasteiger partial charge in [0.05, 0.1) is 4.90 Å². The zero-order valence-corrected chi connectivity index (χ0v) is 17.4. The largest absolute Gasteiger partial charge is 0.356 e. The summed E-state index contributed by atoms with van der Waals surface area (Å²) < 4.78 is 27.3. The molecule has 1 aromatic rings. The minimum absolute atomic E-state index is 0.0972. The quantitative estimate of drug-likeness (QED) is 0.602. The van der Waals surface area contributed by atoms with Gasteiger partial charge in [-0.2, -0.15) is 0 Å². The van der Waals surface area contributed by atoms with E-state index in [0.717, 1.165) is 44.7 Å². The summed E-state index contributed by atoms with van der Waals surface area (Å²) in [6.07, 6.45) is 1.04. The molecule has 0 radical (unpaired) electrons. The van der Waals surface area contributed by atoms with Gasteiger partial charge in [0.15, 0.2) is 0 Å². The average molecular weight is 397 g/mol. The van der Waals surface area contributed by atoms with Crippen LogP contribution in [0, 0.1) is 13.8 Å². The van der Waals surface area contributed by atoms with Crippen molar-refractivity contribution in [3.05, 3.63) is 29.3 Å². The van der Waals surface area contributed by atoms with Gasteiger partial charge in [-0.05, 0) is 51.1 Å². The maximum absolute atomic E-state index is 12.4. The van der Waals surface area contributed by atoms with Crippen molar-refractivity contribution >= 4 is 15.9 Å². The number of piperazine rings is 1. The first kappa shape index (κ1) is 21.8. The molecular formula is C19H32N4O3S. The van der Waals surface area contributed by atoms with Crippen LogP contribution >= 0.6 is 0 Å². The van der Waals surface area contributed by atoms with Crippen molar-refractivity contribution in [1.29, 1.82) is 0 Å². The normalized spacial score (nSPS) is 16.4. The van der Waals surface area contributed by atoms with Crippen molar-refractivity contribution in [2.45, 2.75) is 31.6 Å². The van der Waals surface area contributed by atoms with Crippen LogP contribution in [0.2, 0.25) is 0 Å². The molecule has 2 N–H and O–H groups in total. The fourth-order valence-corrected chi connectivity index (χ4v) is 4.42. The van der Waals surface area contributed by atoms with E-state index < -0.39 is 10.0 Å². The maximum Gasteiger partial charge on any atom is 0.240 e. The molecule has 0 spiro atoms. The Morgan fingerprint density at radius 2 is 1.81 bits per heavy atom. The van der Waals surface area contributed by atoms with Crippen molar-refractivity contribution in [3.63, 3.8) is 0 Å². The van der Waals surface area contributed by atoms with Crippen LogP contribution in [0.4, 0.5) is 0 Å². The fraction of sp³-hybridized carbons (Fsp3) is 0.632. The Bertz CT molecular complexity index is 728. The van der Waals surface area contributed by atoms with Gasteiger partial charge in [0.2, 0.25) is 15.9 Å². The molecule has 0 bridgehead atoms. The number of rotatable bonds is 9. The molecule has 152 valence electrons. The molecule has 27 heavy (non-hydrogen) atoms. The Balaban J connectivity index is 1.64. The summed E-state index contributed by atoms with van der Waals surface area (Å²) in [7, 11) is -1.46. The highest BCUT2D eigenvalue weighted by atomic mass is 32.2. The number of nitrogens with one attached hydrogen (secondary N) is 2. The first-order valence-corrected chi connectivity index (χ1v) is 11.0. The lowest BCUT2D eigenvalue weighted by molar-refractivity contribution is -0.120. The van der Waals surface area contributed by atoms with Crippen LogP contribution in [0.1, 0.15) is 24.0 Å². The van der Waals surface area contributed by atoms with E-state index in [1.807, 2.05) is 13.0 Å². The number of hydrogen-bond acceptors (Lipinski definition) is 5. The molecule has 0 aliphatic carbocycles. The number of nitrogens with zero attached hydrogens (tertiary/aromatic N) is 2. The van der Waals surface area contributed by atoms with E-state index in [-0.39, 0.29) is 23.8 Å². The molecule has 0 saturated carbocycles. The highest BCUT2D eigenvalue weighted by Crippen LogP contribution is 2.16. The molecular weight excluding hydrogens is 364 g/mol. The van der Waals surface area contributed by atoms with Crippen molar-refractivity contribution in [2.24, 2.45) is 0 Å². The molecule has 0 atom stereocenters. The lowest BCUT2D eigenvalue weighted by Gasteiger charge is -2.32. The molecule has 1 fully saturated rings. The van der Waals surface area contributed by atoms with E-state index in [9.17, 15) is 13.2 Å². The Labute approximate surface area is 163 Å². The van der Waals surface area contributed by atoms with Crippen LogP contribution in [-0.2, 0) is 14.8 Å². The van der Waals surface area contributed by atoms with Crippen molar-refractivity contribution in [3.8, 4) is 0 Å². The van der Waals surface area contributed by atoms with Crippen molar-refractivity contribution < 1.29 is 13.2 Å². The second-order valence-electron chi connectivity index (χ2n) is 7.27. The minimum atomic E-state index is -3.59. The van der Waals surface area contributed by atoms with E-state index in [0.29, 0.717) is 12.1 Å². The van der Waals surface area contributed by atoms with Crippen LogP contribution < -0.4 is 10.0 Å². The molecule has 1 aliphatic heterocycles. The van der Waals surface area contributed by atoms with E-state index in [1.54, 1.807) is 19.1 Å². The van der Waals surface area contributed by atoms with E-state index in [1.165, 1.54) is 0 Å². The van der Waals surface area contributed by atoms with Crippen molar-refractivity contribution in [2.75, 3.05) is 52.9 Å². The SMILES string of the molecule is Cc1ccc(C)c(S(=O)(=O)NCCC(=O)NCCCN2CCN(C)CC2)c1. The molecule has 0 unspecified atom stereocenters. The smallest absolute Gasteiger partial charge is 0.240 e. The summed E-state index contributed by atoms with van der Waals surface area (Å²) in [6, 6.07) is 5.32. The topological polar surface area (TPSA) is 81.7 Å². The molecule has 7 nitrogen and oxygen atoms in total. The fourth-order valence-electron chi connectivity index (χ4n) is 3.06. The highest BCUT2D eigenvalue weighted by Gasteiger charge is 2.17. The maximum atomic E-state index is 12.4. The third-order valence-electron chi connectivity index (χ3n) is 4.85. The molecule has 8 heteroatoms. The van der Waals surface area contributed by atoms with Crippen LogP contribution in [-0.4, -0.2) is 77.0 Å². The van der Waals surface area contributed by atoms with Gasteiger partial charge in [-0.15, -0.1) is 0 Å². The number of benzene rings is 1. The lowest BCUT2D eigenvalue weighted by Crippen LogP contribution is -2.45. The van der Waals surface area contributed by atoms with E-state index in [4.69, 9.17) is 0 Å². The number of carbonyl (C=O) groups is 1. The summed E-state index contributed by atoms with van der Waals surface area (Å²) in [6.45, 7) is 9.65. The van der Waals surface area contributed by atoms with Gasteiger partial charge < -0.3 is 15.1 Å². The monoisotopic (exact) mass is 396 g/mol. The van der Waals surface area contributed by atoms with Crippen LogP contribution in [0.3, 0.4) is 0 Å². The number of hydrogen-bond donors (Lipinski definition) is 2. The van der Waals surface area contributed by atoms with Gasteiger partial charge in [-0.25, -0.2) is 13.1 Å². The Kier molecular flexibility index (Phi) is 8.22. The van der Waals surface area contributed by atoms with E-state index in [2.05, 4.69) is 26.9 Å². The summed E-state index contributed by atoms with van der Waals surface area (Å²) in [5, 5.41) is 2.87. The number of amides is 1. The summed E-state index contributed by atoms with van der Waals surface area (Å²) in [4.78, 5) is 16.9. The molecule has 2 rings (SSSR count). The summed E-state index contributed by atoms with van der Waals surface area (Å²) in [5.41, 5.74) is 1.58. The summed E-state index contributed by atoms with van der Waals surface area (Å²) >= 11 is 0. The van der Waals surface area contributed by atoms with Gasteiger partial charge in [-0.3, -0.25) is 4.79 Å². The van der Waals surface area contributed by atoms with Crippen LogP contribution in [0.15, 0.2) is 23.1 Å².